The van der Waals surface area contributed by atoms with Crippen LogP contribution < -0.4 is 15.6 Å². The molecule has 0 radical (unpaired) electrons. The van der Waals surface area contributed by atoms with Gasteiger partial charge in [0.15, 0.2) is 0 Å². The Morgan fingerprint density at radius 1 is 0.640 bits per heavy atom. The standard InChI is InChI=1S/C22H20O2Si/c1-4-11-19(12-5-1)25(20-13-6-2-7-14-20,21-15-8-3-9-16-21)24-22-17-10-18-23-22/h1-9,11-17H,10,18H2. The summed E-state index contributed by atoms with van der Waals surface area (Å²) >= 11 is 0. The Kier molecular flexibility index (Phi) is 4.40. The maximum Gasteiger partial charge on any atom is 0.350 e. The van der Waals surface area contributed by atoms with Crippen molar-refractivity contribution in [3.8, 4) is 0 Å². The second-order valence-electron chi connectivity index (χ2n) is 6.04. The average Bonchev–Trinajstić information content (AvgIpc) is 3.21. The summed E-state index contributed by atoms with van der Waals surface area (Å²) < 4.78 is 12.5. The van der Waals surface area contributed by atoms with Crippen LogP contribution in [-0.4, -0.2) is 14.9 Å². The third-order valence-corrected chi connectivity index (χ3v) is 8.41. The van der Waals surface area contributed by atoms with Crippen LogP contribution in [0.15, 0.2) is 103 Å². The first-order chi connectivity index (χ1) is 12.4. The summed E-state index contributed by atoms with van der Waals surface area (Å²) in [6, 6.07) is 31.6. The van der Waals surface area contributed by atoms with Crippen LogP contribution in [0.1, 0.15) is 6.42 Å². The lowest BCUT2D eigenvalue weighted by molar-refractivity contribution is 0.132. The molecule has 0 atom stereocenters. The zero-order valence-corrected chi connectivity index (χ0v) is 15.0. The van der Waals surface area contributed by atoms with Gasteiger partial charge in [-0.2, -0.15) is 0 Å². The van der Waals surface area contributed by atoms with Gasteiger partial charge < -0.3 is 9.16 Å². The van der Waals surface area contributed by atoms with Crippen molar-refractivity contribution in [3.63, 3.8) is 0 Å². The molecule has 0 unspecified atom stereocenters. The molecule has 3 aromatic carbocycles. The topological polar surface area (TPSA) is 18.5 Å². The van der Waals surface area contributed by atoms with Crippen molar-refractivity contribution in [1.29, 1.82) is 0 Å². The van der Waals surface area contributed by atoms with Gasteiger partial charge in [-0.05, 0) is 21.6 Å². The van der Waals surface area contributed by atoms with Crippen molar-refractivity contribution in [3.05, 3.63) is 103 Å². The molecule has 4 rings (SSSR count). The minimum atomic E-state index is -2.68. The SMILES string of the molecule is C1=C(O[Si](c2ccccc2)(c2ccccc2)c2ccccc2)OCC1. The first-order valence-electron chi connectivity index (χ1n) is 8.58. The molecular formula is C22H20O2Si. The number of hydrogen-bond donors (Lipinski definition) is 0. The summed E-state index contributed by atoms with van der Waals surface area (Å²) in [7, 11) is -2.68. The first-order valence-corrected chi connectivity index (χ1v) is 10.5. The predicted octanol–water partition coefficient (Wildman–Crippen LogP) is 2.93. The summed E-state index contributed by atoms with van der Waals surface area (Å²) in [6.07, 6.45) is 2.95. The third kappa shape index (κ3) is 2.99. The van der Waals surface area contributed by atoms with Gasteiger partial charge in [-0.25, -0.2) is 0 Å². The Hall–Kier alpha value is -2.78. The summed E-state index contributed by atoms with van der Waals surface area (Å²) in [5, 5.41) is 3.64. The monoisotopic (exact) mass is 344 g/mol. The highest BCUT2D eigenvalue weighted by Crippen LogP contribution is 2.18. The van der Waals surface area contributed by atoms with E-state index >= 15 is 0 Å². The molecule has 1 aliphatic heterocycles. The van der Waals surface area contributed by atoms with E-state index in [9.17, 15) is 0 Å². The van der Waals surface area contributed by atoms with Crippen molar-refractivity contribution in [2.24, 2.45) is 0 Å². The molecule has 124 valence electrons. The van der Waals surface area contributed by atoms with Gasteiger partial charge in [0, 0.05) is 6.42 Å². The van der Waals surface area contributed by atoms with E-state index in [2.05, 4.69) is 78.9 Å². The van der Waals surface area contributed by atoms with E-state index in [-0.39, 0.29) is 0 Å². The molecule has 3 heteroatoms. The van der Waals surface area contributed by atoms with Crippen LogP contribution in [0.25, 0.3) is 0 Å². The third-order valence-electron chi connectivity index (χ3n) is 4.47. The van der Waals surface area contributed by atoms with E-state index in [0.717, 1.165) is 6.42 Å². The summed E-state index contributed by atoms with van der Waals surface area (Å²) in [5.74, 6) is 0.656. The minimum absolute atomic E-state index is 0.656. The van der Waals surface area contributed by atoms with E-state index in [4.69, 9.17) is 9.16 Å². The molecule has 0 bridgehead atoms. The van der Waals surface area contributed by atoms with Crippen molar-refractivity contribution in [2.45, 2.75) is 6.42 Å². The van der Waals surface area contributed by atoms with Gasteiger partial charge in [-0.1, -0.05) is 91.0 Å². The first kappa shape index (κ1) is 15.7. The highest BCUT2D eigenvalue weighted by Gasteiger charge is 2.45. The molecule has 1 heterocycles. The van der Waals surface area contributed by atoms with Crippen molar-refractivity contribution in [1.82, 2.24) is 0 Å². The van der Waals surface area contributed by atoms with Crippen molar-refractivity contribution >= 4 is 23.9 Å². The lowest BCUT2D eigenvalue weighted by atomic mass is 10.3. The number of benzene rings is 3. The van der Waals surface area contributed by atoms with Crippen LogP contribution in [0.2, 0.25) is 0 Å². The second kappa shape index (κ2) is 6.99. The fourth-order valence-corrected chi connectivity index (χ4v) is 7.10. The van der Waals surface area contributed by atoms with Gasteiger partial charge >= 0.3 is 8.32 Å². The summed E-state index contributed by atoms with van der Waals surface area (Å²) in [6.45, 7) is 0.693. The van der Waals surface area contributed by atoms with Crippen LogP contribution in [0, 0.1) is 0 Å². The van der Waals surface area contributed by atoms with E-state index < -0.39 is 8.32 Å². The van der Waals surface area contributed by atoms with Crippen molar-refractivity contribution < 1.29 is 9.16 Å². The van der Waals surface area contributed by atoms with E-state index in [0.29, 0.717) is 12.6 Å². The Morgan fingerprint density at radius 2 is 1.08 bits per heavy atom. The molecule has 0 spiro atoms. The second-order valence-corrected chi connectivity index (χ2v) is 9.34. The zero-order valence-electron chi connectivity index (χ0n) is 14.0. The molecule has 25 heavy (non-hydrogen) atoms. The van der Waals surface area contributed by atoms with Crippen LogP contribution in [0.4, 0.5) is 0 Å². The quantitative estimate of drug-likeness (QED) is 0.523. The largest absolute Gasteiger partial charge is 0.506 e. The number of ether oxygens (including phenoxy) is 1. The molecule has 0 aromatic heterocycles. The highest BCUT2D eigenvalue weighted by molar-refractivity contribution is 7.07. The molecule has 0 saturated carbocycles. The highest BCUT2D eigenvalue weighted by atomic mass is 28.4. The normalized spacial score (nSPS) is 13.8. The van der Waals surface area contributed by atoms with Crippen LogP contribution in [0.5, 0.6) is 0 Å². The van der Waals surface area contributed by atoms with Gasteiger partial charge in [0.25, 0.3) is 5.95 Å². The Balaban J connectivity index is 1.97. The zero-order chi connectivity index (χ0) is 17.0. The summed E-state index contributed by atoms with van der Waals surface area (Å²) in [5.41, 5.74) is 0. The Bertz CT molecular complexity index is 748. The molecule has 2 nitrogen and oxygen atoms in total. The predicted molar refractivity (Wildman–Crippen MR) is 104 cm³/mol. The lowest BCUT2D eigenvalue weighted by Crippen LogP contribution is -2.69. The van der Waals surface area contributed by atoms with Crippen LogP contribution in [0.3, 0.4) is 0 Å². The average molecular weight is 344 g/mol. The van der Waals surface area contributed by atoms with E-state index in [1.54, 1.807) is 0 Å². The smallest absolute Gasteiger partial charge is 0.350 e. The molecule has 0 saturated heterocycles. The molecular weight excluding hydrogens is 324 g/mol. The Morgan fingerprint density at radius 3 is 1.44 bits per heavy atom. The van der Waals surface area contributed by atoms with Gasteiger partial charge in [0.1, 0.15) is 0 Å². The maximum atomic E-state index is 6.74. The van der Waals surface area contributed by atoms with E-state index in [1.807, 2.05) is 18.2 Å². The molecule has 0 aliphatic carbocycles. The number of hydrogen-bond acceptors (Lipinski definition) is 2. The fraction of sp³-hybridized carbons (Fsp3) is 0.0909. The Labute approximate surface area is 149 Å². The molecule has 0 N–H and O–H groups in total. The minimum Gasteiger partial charge on any atom is -0.506 e. The van der Waals surface area contributed by atoms with Gasteiger partial charge in [-0.15, -0.1) is 0 Å². The van der Waals surface area contributed by atoms with Crippen LogP contribution >= 0.6 is 0 Å². The molecule has 0 amide bonds. The van der Waals surface area contributed by atoms with Gasteiger partial charge in [0.05, 0.1) is 6.61 Å². The van der Waals surface area contributed by atoms with Crippen molar-refractivity contribution in [2.75, 3.05) is 6.61 Å². The number of rotatable bonds is 5. The lowest BCUT2D eigenvalue weighted by Gasteiger charge is -2.33. The fourth-order valence-electron chi connectivity index (χ4n) is 3.31. The summed E-state index contributed by atoms with van der Waals surface area (Å²) in [4.78, 5) is 0. The molecule has 3 aromatic rings. The molecule has 0 fully saturated rings. The molecule has 1 aliphatic rings. The van der Waals surface area contributed by atoms with Crippen LogP contribution in [-0.2, 0) is 9.16 Å². The maximum absolute atomic E-state index is 6.74. The van der Waals surface area contributed by atoms with Gasteiger partial charge in [0.2, 0.25) is 0 Å². The van der Waals surface area contributed by atoms with Gasteiger partial charge in [-0.3, -0.25) is 0 Å². The van der Waals surface area contributed by atoms with E-state index in [1.165, 1.54) is 15.6 Å².